The normalized spacial score (nSPS) is 9.09. The van der Waals surface area contributed by atoms with E-state index in [0.29, 0.717) is 0 Å². The molecule has 0 fully saturated rings. The third-order valence-electron chi connectivity index (χ3n) is 0.982. The van der Waals surface area contributed by atoms with Gasteiger partial charge in [0.15, 0.2) is 5.76 Å². The summed E-state index contributed by atoms with van der Waals surface area (Å²) in [7, 11) is 0. The lowest BCUT2D eigenvalue weighted by Crippen LogP contribution is -2.34. The third-order valence-corrected chi connectivity index (χ3v) is 0.982. The second-order valence-corrected chi connectivity index (χ2v) is 1.80. The zero-order valence-corrected chi connectivity index (χ0v) is 5.53. The molecule has 1 heterocycles. The van der Waals surface area contributed by atoms with Crippen LogP contribution in [-0.4, -0.2) is 11.9 Å². The van der Waals surface area contributed by atoms with E-state index in [4.69, 9.17) is 0 Å². The minimum absolute atomic E-state index is 0.0591. The average molecular weight is 154 g/mol. The van der Waals surface area contributed by atoms with Crippen LogP contribution in [0.15, 0.2) is 22.8 Å². The zero-order valence-electron chi connectivity index (χ0n) is 5.53. The van der Waals surface area contributed by atoms with E-state index in [1.165, 1.54) is 18.4 Å². The van der Waals surface area contributed by atoms with E-state index in [1.807, 2.05) is 5.32 Å². The summed E-state index contributed by atoms with van der Waals surface area (Å²) in [5, 5.41) is 1.85. The fourth-order valence-electron chi connectivity index (χ4n) is 0.581. The van der Waals surface area contributed by atoms with Crippen LogP contribution in [0.1, 0.15) is 10.6 Å². The molecule has 0 saturated heterocycles. The molecule has 5 heteroatoms. The van der Waals surface area contributed by atoms with Gasteiger partial charge in [-0.15, -0.1) is 0 Å². The monoisotopic (exact) mass is 154 g/mol. The van der Waals surface area contributed by atoms with Crippen LogP contribution in [0.25, 0.3) is 0 Å². The van der Waals surface area contributed by atoms with Gasteiger partial charge in [0.25, 0.3) is 5.91 Å². The second-order valence-electron chi connectivity index (χ2n) is 1.80. The van der Waals surface area contributed by atoms with Crippen molar-refractivity contribution in [3.63, 3.8) is 0 Å². The van der Waals surface area contributed by atoms with E-state index >= 15 is 0 Å². The van der Waals surface area contributed by atoms with Crippen molar-refractivity contribution >= 4 is 11.9 Å². The Balaban J connectivity index is 2.64. The van der Waals surface area contributed by atoms with Crippen molar-refractivity contribution in [3.05, 3.63) is 24.2 Å². The smallest absolute Gasteiger partial charge is 0.319 e. The largest absolute Gasteiger partial charge is 0.459 e. The van der Waals surface area contributed by atoms with Crippen molar-refractivity contribution < 1.29 is 14.0 Å². The number of hydrogen-bond acceptors (Lipinski definition) is 3. The highest BCUT2D eigenvalue weighted by atomic mass is 16.3. The van der Waals surface area contributed by atoms with Gasteiger partial charge in [-0.3, -0.25) is 10.1 Å². The molecule has 0 aliphatic carbocycles. The number of hydrogen-bond donors (Lipinski definition) is 2. The molecule has 0 saturated carbocycles. The van der Waals surface area contributed by atoms with Crippen molar-refractivity contribution in [2.45, 2.75) is 0 Å². The third kappa shape index (κ3) is 1.82. The number of furan rings is 1. The molecular weight excluding hydrogens is 148 g/mol. The van der Waals surface area contributed by atoms with Crippen LogP contribution in [0.2, 0.25) is 0 Å². The van der Waals surface area contributed by atoms with Crippen LogP contribution < -0.4 is 11.1 Å². The summed E-state index contributed by atoms with van der Waals surface area (Å²) in [4.78, 5) is 21.0. The van der Waals surface area contributed by atoms with Crippen LogP contribution in [0.5, 0.6) is 0 Å². The van der Waals surface area contributed by atoms with Gasteiger partial charge in [0, 0.05) is 0 Å². The molecule has 5 nitrogen and oxygen atoms in total. The SMILES string of the molecule is NC(=O)NC(=O)c1ccco1. The van der Waals surface area contributed by atoms with Crippen molar-refractivity contribution in [2.75, 3.05) is 0 Å². The topological polar surface area (TPSA) is 85.3 Å². The average Bonchev–Trinajstić information content (AvgIpc) is 2.35. The fourth-order valence-corrected chi connectivity index (χ4v) is 0.581. The van der Waals surface area contributed by atoms with Gasteiger partial charge in [-0.1, -0.05) is 0 Å². The van der Waals surface area contributed by atoms with Crippen molar-refractivity contribution in [1.82, 2.24) is 5.32 Å². The molecule has 0 radical (unpaired) electrons. The van der Waals surface area contributed by atoms with Crippen molar-refractivity contribution in [3.8, 4) is 0 Å². The van der Waals surface area contributed by atoms with E-state index in [1.54, 1.807) is 0 Å². The maximum Gasteiger partial charge on any atom is 0.319 e. The summed E-state index contributed by atoms with van der Waals surface area (Å²) >= 11 is 0. The number of nitrogens with two attached hydrogens (primary N) is 1. The van der Waals surface area contributed by atoms with E-state index in [0.717, 1.165) is 0 Å². The molecule has 0 spiro atoms. The molecule has 1 aromatic heterocycles. The first-order chi connectivity index (χ1) is 5.20. The molecule has 1 aromatic rings. The van der Waals surface area contributed by atoms with Crippen LogP contribution in [0.4, 0.5) is 4.79 Å². The Labute approximate surface area is 62.2 Å². The van der Waals surface area contributed by atoms with Crippen LogP contribution in [-0.2, 0) is 0 Å². The summed E-state index contributed by atoms with van der Waals surface area (Å²) in [6.07, 6.45) is 1.33. The van der Waals surface area contributed by atoms with Gasteiger partial charge in [-0.25, -0.2) is 4.79 Å². The van der Waals surface area contributed by atoms with Gasteiger partial charge in [-0.2, -0.15) is 0 Å². The first kappa shape index (κ1) is 7.33. The van der Waals surface area contributed by atoms with Gasteiger partial charge in [0.05, 0.1) is 6.26 Å². The molecule has 58 valence electrons. The van der Waals surface area contributed by atoms with Crippen molar-refractivity contribution in [2.24, 2.45) is 5.73 Å². The highest BCUT2D eigenvalue weighted by Crippen LogP contribution is 1.98. The predicted molar refractivity (Wildman–Crippen MR) is 35.8 cm³/mol. The van der Waals surface area contributed by atoms with E-state index < -0.39 is 11.9 Å². The van der Waals surface area contributed by atoms with Gasteiger partial charge in [-0.05, 0) is 12.1 Å². The van der Waals surface area contributed by atoms with E-state index in [9.17, 15) is 9.59 Å². The van der Waals surface area contributed by atoms with Crippen LogP contribution >= 0.6 is 0 Å². The number of rotatable bonds is 1. The Morgan fingerprint density at radius 3 is 2.73 bits per heavy atom. The highest BCUT2D eigenvalue weighted by Gasteiger charge is 2.08. The van der Waals surface area contributed by atoms with E-state index in [-0.39, 0.29) is 5.76 Å². The lowest BCUT2D eigenvalue weighted by molar-refractivity contribution is 0.0939. The van der Waals surface area contributed by atoms with Gasteiger partial charge in [0.1, 0.15) is 0 Å². The maximum absolute atomic E-state index is 10.8. The first-order valence-corrected chi connectivity index (χ1v) is 2.84. The molecule has 0 bridgehead atoms. The number of amides is 3. The lowest BCUT2D eigenvalue weighted by atomic mass is 10.4. The molecule has 3 N–H and O–H groups in total. The van der Waals surface area contributed by atoms with Crippen molar-refractivity contribution in [1.29, 1.82) is 0 Å². The molecule has 1 rings (SSSR count). The Kier molecular flexibility index (Phi) is 1.91. The Morgan fingerprint density at radius 2 is 2.27 bits per heavy atom. The molecular formula is C6H6N2O3. The molecule has 11 heavy (non-hydrogen) atoms. The van der Waals surface area contributed by atoms with Gasteiger partial charge in [0.2, 0.25) is 0 Å². The lowest BCUT2D eigenvalue weighted by Gasteiger charge is -1.94. The Morgan fingerprint density at radius 1 is 1.55 bits per heavy atom. The van der Waals surface area contributed by atoms with E-state index in [2.05, 4.69) is 10.2 Å². The number of primary amides is 1. The number of urea groups is 1. The second kappa shape index (κ2) is 2.87. The number of imide groups is 1. The number of nitrogens with one attached hydrogen (secondary N) is 1. The maximum atomic E-state index is 10.8. The summed E-state index contributed by atoms with van der Waals surface area (Å²) < 4.78 is 4.68. The predicted octanol–water partition coefficient (Wildman–Crippen LogP) is 0.0881. The Hall–Kier alpha value is -1.78. The fraction of sp³-hybridized carbons (Fsp3) is 0. The minimum atomic E-state index is -0.897. The highest BCUT2D eigenvalue weighted by molar-refractivity contribution is 6.01. The summed E-state index contributed by atoms with van der Waals surface area (Å²) in [6.45, 7) is 0. The van der Waals surface area contributed by atoms with Crippen LogP contribution in [0.3, 0.4) is 0 Å². The molecule has 0 atom stereocenters. The summed E-state index contributed by atoms with van der Waals surface area (Å²) in [6, 6.07) is 2.07. The molecule has 0 unspecified atom stereocenters. The first-order valence-electron chi connectivity index (χ1n) is 2.84. The zero-order chi connectivity index (χ0) is 8.27. The summed E-state index contributed by atoms with van der Waals surface area (Å²) in [5.41, 5.74) is 4.69. The van der Waals surface area contributed by atoms with Gasteiger partial charge < -0.3 is 10.2 Å². The molecule has 0 aliphatic rings. The molecule has 3 amide bonds. The number of carbonyl (C=O) groups is 2. The molecule has 0 aromatic carbocycles. The van der Waals surface area contributed by atoms with Gasteiger partial charge >= 0.3 is 6.03 Å². The Bertz CT molecular complexity index is 265. The summed E-state index contributed by atoms with van der Waals surface area (Å²) in [5.74, 6) is -0.577. The quantitative estimate of drug-likeness (QED) is 0.601. The standard InChI is InChI=1S/C6H6N2O3/c7-6(10)8-5(9)4-2-1-3-11-4/h1-3H,(H3,7,8,9,10). The molecule has 0 aliphatic heterocycles. The number of carbonyl (C=O) groups excluding carboxylic acids is 2. The minimum Gasteiger partial charge on any atom is -0.459 e. The van der Waals surface area contributed by atoms with Crippen LogP contribution in [0, 0.1) is 0 Å².